The minimum atomic E-state index is -1.65. The Kier molecular flexibility index (Phi) is 47.2. The average Bonchev–Trinajstić information content (AvgIpc) is 3.41. The second-order valence-corrected chi connectivity index (χ2v) is 20.1. The van der Waals surface area contributed by atoms with Crippen molar-refractivity contribution in [2.24, 2.45) is 0 Å². The standard InChI is InChI=1S/C64H107NO10/c1-4-7-10-13-16-19-22-25-26-27-28-29-30-31-34-36-39-42-45-48-51-57(68)63(72)65-55(56(67)50-47-44-41-38-35-32-23-20-17-14-11-8-5-2)54-73-64-62(61(71)60(70)58(53-66)74-64)75-59(69)52-49-46-43-40-37-33-24-21-18-15-12-9-6-3/h9,12,15-16,18-19,21,24-26,28-29,33,37,40,43,47,50,55-58,60-62,64,66-68,70-71H,4-8,10-11,13-14,17,20,22-23,27,30-32,34-36,38-39,41-42,44-46,48-49,51-54H2,1-3H3,(H,65,72)/b12-9+,18-15+,19-16-,24-21-,26-25-,29-28-,37-33-,43-40+,50-47+. The highest BCUT2D eigenvalue weighted by atomic mass is 16.7. The van der Waals surface area contributed by atoms with Gasteiger partial charge in [0.25, 0.3) is 0 Å². The molecular formula is C64H107NO10. The van der Waals surface area contributed by atoms with Gasteiger partial charge >= 0.3 is 5.97 Å². The summed E-state index contributed by atoms with van der Waals surface area (Å²) >= 11 is 0. The summed E-state index contributed by atoms with van der Waals surface area (Å²) in [6.07, 6.45) is 58.5. The second-order valence-electron chi connectivity index (χ2n) is 20.1. The fraction of sp³-hybridized carbons (Fsp3) is 0.688. The molecule has 1 fully saturated rings. The maximum absolute atomic E-state index is 13.4. The molecule has 8 atom stereocenters. The molecule has 0 bridgehead atoms. The van der Waals surface area contributed by atoms with E-state index in [0.29, 0.717) is 19.3 Å². The van der Waals surface area contributed by atoms with Crippen LogP contribution >= 0.6 is 0 Å². The average molecular weight is 1050 g/mol. The highest BCUT2D eigenvalue weighted by Gasteiger charge is 2.47. The predicted octanol–water partition coefficient (Wildman–Crippen LogP) is 13.7. The van der Waals surface area contributed by atoms with Gasteiger partial charge in [-0.25, -0.2) is 0 Å². The van der Waals surface area contributed by atoms with Gasteiger partial charge < -0.3 is 45.1 Å². The van der Waals surface area contributed by atoms with E-state index >= 15 is 0 Å². The number of ether oxygens (including phenoxy) is 3. The van der Waals surface area contributed by atoms with Gasteiger partial charge in [0.2, 0.25) is 5.91 Å². The van der Waals surface area contributed by atoms with Gasteiger partial charge in [0.1, 0.15) is 24.4 Å². The molecule has 1 rings (SSSR count). The molecule has 1 aliphatic rings. The lowest BCUT2D eigenvalue weighted by Gasteiger charge is -2.41. The number of aliphatic hydroxyl groups excluding tert-OH is 5. The van der Waals surface area contributed by atoms with Gasteiger partial charge in [0, 0.05) is 6.42 Å². The zero-order valence-electron chi connectivity index (χ0n) is 47.1. The second kappa shape index (κ2) is 51.1. The molecule has 1 amide bonds. The van der Waals surface area contributed by atoms with Crippen molar-refractivity contribution in [3.8, 4) is 0 Å². The number of rotatable bonds is 48. The van der Waals surface area contributed by atoms with Gasteiger partial charge in [-0.2, -0.15) is 0 Å². The number of aliphatic hydroxyl groups is 5. The smallest absolute Gasteiger partial charge is 0.306 e. The lowest BCUT2D eigenvalue weighted by molar-refractivity contribution is -0.305. The lowest BCUT2D eigenvalue weighted by atomic mass is 9.99. The summed E-state index contributed by atoms with van der Waals surface area (Å²) in [6, 6.07) is -1.05. The van der Waals surface area contributed by atoms with E-state index in [1.165, 1.54) is 89.9 Å². The van der Waals surface area contributed by atoms with E-state index in [9.17, 15) is 35.1 Å². The van der Waals surface area contributed by atoms with Crippen LogP contribution in [0.4, 0.5) is 0 Å². The SMILES string of the molecule is CC/C=C/C=C/C=C\C=C/C=C/CCCC(=O)OC1C(OCC(NC(=O)C(O)CCCCCCCCC/C=C\C/C=C\C/C=C\CCCCC)C(O)/C=C/CCCCCCCCCCCCC)OC(CO)C(O)C1O. The third kappa shape index (κ3) is 39.4. The minimum Gasteiger partial charge on any atom is -0.454 e. The van der Waals surface area contributed by atoms with E-state index in [1.54, 1.807) is 6.08 Å². The quantitative estimate of drug-likeness (QED) is 0.0149. The van der Waals surface area contributed by atoms with Gasteiger partial charge in [-0.15, -0.1) is 0 Å². The number of hydrogen-bond donors (Lipinski definition) is 6. The number of carbonyl (C=O) groups is 2. The van der Waals surface area contributed by atoms with Gasteiger partial charge in [-0.05, 0) is 77.0 Å². The van der Waals surface area contributed by atoms with E-state index in [-0.39, 0.29) is 19.4 Å². The molecule has 1 heterocycles. The number of nitrogens with one attached hydrogen (secondary N) is 1. The Bertz CT molecular complexity index is 1630. The van der Waals surface area contributed by atoms with Crippen LogP contribution in [0.25, 0.3) is 0 Å². The summed E-state index contributed by atoms with van der Waals surface area (Å²) in [7, 11) is 0. The number of unbranched alkanes of at least 4 members (excludes halogenated alkanes) is 22. The van der Waals surface area contributed by atoms with Crippen molar-refractivity contribution in [1.82, 2.24) is 5.32 Å². The van der Waals surface area contributed by atoms with Crippen LogP contribution in [0.3, 0.4) is 0 Å². The zero-order valence-corrected chi connectivity index (χ0v) is 47.1. The summed E-state index contributed by atoms with van der Waals surface area (Å²) < 4.78 is 17.5. The maximum Gasteiger partial charge on any atom is 0.306 e. The van der Waals surface area contributed by atoms with Gasteiger partial charge in [0.05, 0.1) is 25.4 Å². The Hall–Kier alpha value is -3.68. The van der Waals surface area contributed by atoms with E-state index < -0.39 is 67.4 Å². The third-order valence-electron chi connectivity index (χ3n) is 13.3. The summed E-state index contributed by atoms with van der Waals surface area (Å²) in [5, 5.41) is 56.8. The summed E-state index contributed by atoms with van der Waals surface area (Å²) in [4.78, 5) is 26.4. The summed E-state index contributed by atoms with van der Waals surface area (Å²) in [6.45, 7) is 5.55. The molecule has 75 heavy (non-hydrogen) atoms. The van der Waals surface area contributed by atoms with E-state index in [4.69, 9.17) is 14.2 Å². The van der Waals surface area contributed by atoms with E-state index in [1.807, 2.05) is 60.8 Å². The molecular weight excluding hydrogens is 943 g/mol. The molecule has 428 valence electrons. The number of esters is 1. The molecule has 0 aliphatic carbocycles. The Balaban J connectivity index is 2.75. The Morgan fingerprint density at radius 1 is 0.547 bits per heavy atom. The normalized spacial score (nSPS) is 20.0. The van der Waals surface area contributed by atoms with Crippen molar-refractivity contribution in [3.63, 3.8) is 0 Å². The highest BCUT2D eigenvalue weighted by molar-refractivity contribution is 5.80. The van der Waals surface area contributed by atoms with Crippen LogP contribution in [0, 0.1) is 0 Å². The first-order chi connectivity index (χ1) is 36.7. The molecule has 1 saturated heterocycles. The van der Waals surface area contributed by atoms with Crippen molar-refractivity contribution >= 4 is 11.9 Å². The maximum atomic E-state index is 13.4. The van der Waals surface area contributed by atoms with Crippen LogP contribution in [0.1, 0.15) is 220 Å². The van der Waals surface area contributed by atoms with Crippen LogP contribution in [0.15, 0.2) is 109 Å². The largest absolute Gasteiger partial charge is 0.454 e. The van der Waals surface area contributed by atoms with E-state index in [0.717, 1.165) is 77.0 Å². The van der Waals surface area contributed by atoms with Gasteiger partial charge in [-0.1, -0.05) is 246 Å². The lowest BCUT2D eigenvalue weighted by Crippen LogP contribution is -2.61. The monoisotopic (exact) mass is 1050 g/mol. The molecule has 1 aliphatic heterocycles. The number of amides is 1. The molecule has 6 N–H and O–H groups in total. The van der Waals surface area contributed by atoms with Crippen LogP contribution in [0.5, 0.6) is 0 Å². The Labute approximate surface area is 456 Å². The molecule has 11 nitrogen and oxygen atoms in total. The van der Waals surface area contributed by atoms with Crippen LogP contribution in [0.2, 0.25) is 0 Å². The first-order valence-electron chi connectivity index (χ1n) is 29.7. The third-order valence-corrected chi connectivity index (χ3v) is 13.3. The van der Waals surface area contributed by atoms with Gasteiger partial charge in [0.15, 0.2) is 12.4 Å². The number of carbonyl (C=O) groups excluding carboxylic acids is 2. The predicted molar refractivity (Wildman–Crippen MR) is 310 cm³/mol. The van der Waals surface area contributed by atoms with Crippen LogP contribution < -0.4 is 5.32 Å². The number of hydrogen-bond acceptors (Lipinski definition) is 10. The topological polar surface area (TPSA) is 175 Å². The Morgan fingerprint density at radius 3 is 1.57 bits per heavy atom. The van der Waals surface area contributed by atoms with Crippen LogP contribution in [-0.2, 0) is 23.8 Å². The van der Waals surface area contributed by atoms with Crippen molar-refractivity contribution in [1.29, 1.82) is 0 Å². The first-order valence-corrected chi connectivity index (χ1v) is 29.7. The highest BCUT2D eigenvalue weighted by Crippen LogP contribution is 2.26. The molecule has 11 heteroatoms. The molecule has 0 saturated carbocycles. The molecule has 0 aromatic rings. The van der Waals surface area contributed by atoms with Crippen LogP contribution in [-0.4, -0.2) is 99.6 Å². The van der Waals surface area contributed by atoms with Crippen molar-refractivity contribution in [2.75, 3.05) is 13.2 Å². The fourth-order valence-electron chi connectivity index (χ4n) is 8.57. The number of allylic oxidation sites excluding steroid dienone is 17. The molecule has 0 aromatic heterocycles. The summed E-state index contributed by atoms with van der Waals surface area (Å²) in [5.41, 5.74) is 0. The van der Waals surface area contributed by atoms with Crippen molar-refractivity contribution < 1.29 is 49.3 Å². The molecule has 0 spiro atoms. The van der Waals surface area contributed by atoms with Crippen molar-refractivity contribution in [3.05, 3.63) is 109 Å². The molecule has 0 radical (unpaired) electrons. The van der Waals surface area contributed by atoms with Crippen molar-refractivity contribution in [2.45, 2.75) is 269 Å². The summed E-state index contributed by atoms with van der Waals surface area (Å²) in [5.74, 6) is -1.29. The first kappa shape index (κ1) is 69.3. The van der Waals surface area contributed by atoms with Gasteiger partial charge in [-0.3, -0.25) is 9.59 Å². The fourth-order valence-corrected chi connectivity index (χ4v) is 8.57. The molecule has 8 unspecified atom stereocenters. The molecule has 0 aromatic carbocycles. The minimum absolute atomic E-state index is 0.0209. The Morgan fingerprint density at radius 2 is 1.01 bits per heavy atom. The van der Waals surface area contributed by atoms with E-state index in [2.05, 4.69) is 68.6 Å². The zero-order chi connectivity index (χ0) is 54.7.